The Morgan fingerprint density at radius 1 is 1.07 bits per heavy atom. The number of ether oxygens (including phenoxy) is 1. The maximum atomic E-state index is 14.0. The third-order valence-electron chi connectivity index (χ3n) is 4.49. The summed E-state index contributed by atoms with van der Waals surface area (Å²) in [5, 5.41) is 0. The molecule has 0 saturated carbocycles. The number of rotatable bonds is 6. The molecule has 1 amide bonds. The number of aryl methyl sites for hydroxylation is 2. The third kappa shape index (κ3) is 4.28. The minimum atomic E-state index is -0.330. The number of carbonyl (C=O) groups is 1. The summed E-state index contributed by atoms with van der Waals surface area (Å²) in [5.74, 6) is -0.527. The van der Waals surface area contributed by atoms with Crippen molar-refractivity contribution in [3.63, 3.8) is 0 Å². The molecule has 2 aromatic carbocycles. The lowest BCUT2D eigenvalue weighted by Crippen LogP contribution is -2.33. The average Bonchev–Trinajstić information content (AvgIpc) is 2.66. The smallest absolute Gasteiger partial charge is 0.254 e. The fourth-order valence-corrected chi connectivity index (χ4v) is 2.83. The summed E-state index contributed by atoms with van der Waals surface area (Å²) in [6.45, 7) is 4.69. The van der Waals surface area contributed by atoms with Crippen molar-refractivity contribution in [3.8, 4) is 0 Å². The number of methoxy groups -OCH3 is 1. The first-order valence-electron chi connectivity index (χ1n) is 8.76. The molecule has 27 heavy (non-hydrogen) atoms. The Morgan fingerprint density at radius 3 is 2.48 bits per heavy atom. The zero-order valence-electron chi connectivity index (χ0n) is 15.7. The van der Waals surface area contributed by atoms with Crippen LogP contribution in [0.3, 0.4) is 0 Å². The van der Waals surface area contributed by atoms with Gasteiger partial charge in [0.05, 0.1) is 29.0 Å². The molecule has 3 rings (SSSR count). The van der Waals surface area contributed by atoms with Crippen molar-refractivity contribution in [3.05, 3.63) is 70.8 Å². The number of halogens is 1. The molecule has 5 nitrogen and oxygen atoms in total. The van der Waals surface area contributed by atoms with Crippen molar-refractivity contribution in [2.45, 2.75) is 20.4 Å². The SMILES string of the molecule is COCCN(Cc1ccccc1F)C(=O)c1ccc2nc(C)c(C)nc2c1. The van der Waals surface area contributed by atoms with Crippen LogP contribution in [0.25, 0.3) is 11.0 Å². The maximum absolute atomic E-state index is 14.0. The lowest BCUT2D eigenvalue weighted by Gasteiger charge is -2.23. The predicted molar refractivity (Wildman–Crippen MR) is 102 cm³/mol. The van der Waals surface area contributed by atoms with Crippen LogP contribution >= 0.6 is 0 Å². The van der Waals surface area contributed by atoms with Gasteiger partial charge in [-0.1, -0.05) is 18.2 Å². The summed E-state index contributed by atoms with van der Waals surface area (Å²) in [6, 6.07) is 11.7. The van der Waals surface area contributed by atoms with Crippen LogP contribution in [0, 0.1) is 19.7 Å². The second kappa shape index (κ2) is 8.22. The highest BCUT2D eigenvalue weighted by molar-refractivity contribution is 5.97. The van der Waals surface area contributed by atoms with E-state index in [9.17, 15) is 9.18 Å². The van der Waals surface area contributed by atoms with E-state index in [0.29, 0.717) is 29.8 Å². The molecule has 0 bridgehead atoms. The van der Waals surface area contributed by atoms with E-state index >= 15 is 0 Å². The Bertz CT molecular complexity index is 975. The Labute approximate surface area is 157 Å². The van der Waals surface area contributed by atoms with Gasteiger partial charge in [-0.2, -0.15) is 0 Å². The summed E-state index contributed by atoms with van der Waals surface area (Å²) < 4.78 is 19.2. The molecule has 0 aliphatic rings. The van der Waals surface area contributed by atoms with Crippen LogP contribution in [0.4, 0.5) is 4.39 Å². The number of benzene rings is 2. The monoisotopic (exact) mass is 367 g/mol. The highest BCUT2D eigenvalue weighted by Crippen LogP contribution is 2.18. The van der Waals surface area contributed by atoms with Gasteiger partial charge in [0.1, 0.15) is 5.82 Å². The Morgan fingerprint density at radius 2 is 1.78 bits per heavy atom. The molecule has 0 spiro atoms. The third-order valence-corrected chi connectivity index (χ3v) is 4.49. The lowest BCUT2D eigenvalue weighted by molar-refractivity contribution is 0.0678. The van der Waals surface area contributed by atoms with E-state index in [1.165, 1.54) is 6.07 Å². The van der Waals surface area contributed by atoms with E-state index < -0.39 is 0 Å². The molecule has 3 aromatic rings. The quantitative estimate of drug-likeness (QED) is 0.667. The van der Waals surface area contributed by atoms with Gasteiger partial charge in [0, 0.05) is 31.3 Å². The van der Waals surface area contributed by atoms with Gasteiger partial charge in [0.15, 0.2) is 0 Å². The second-order valence-electron chi connectivity index (χ2n) is 6.41. The van der Waals surface area contributed by atoms with Gasteiger partial charge in [-0.25, -0.2) is 14.4 Å². The van der Waals surface area contributed by atoms with E-state index in [-0.39, 0.29) is 18.3 Å². The van der Waals surface area contributed by atoms with Gasteiger partial charge in [-0.15, -0.1) is 0 Å². The lowest BCUT2D eigenvalue weighted by atomic mass is 10.1. The first-order chi connectivity index (χ1) is 13.0. The van der Waals surface area contributed by atoms with Crippen LogP contribution in [-0.2, 0) is 11.3 Å². The number of hydrogen-bond acceptors (Lipinski definition) is 4. The van der Waals surface area contributed by atoms with Gasteiger partial charge in [-0.3, -0.25) is 4.79 Å². The van der Waals surface area contributed by atoms with Crippen molar-refractivity contribution in [1.82, 2.24) is 14.9 Å². The summed E-state index contributed by atoms with van der Waals surface area (Å²) >= 11 is 0. The number of amides is 1. The molecule has 0 radical (unpaired) electrons. The van der Waals surface area contributed by atoms with Crippen LogP contribution in [0.2, 0.25) is 0 Å². The van der Waals surface area contributed by atoms with Gasteiger partial charge in [0.25, 0.3) is 5.91 Å². The molecule has 1 heterocycles. The molecule has 1 aromatic heterocycles. The number of fused-ring (bicyclic) bond motifs is 1. The highest BCUT2D eigenvalue weighted by Gasteiger charge is 2.18. The molecule has 0 saturated heterocycles. The molecule has 0 aliphatic heterocycles. The van der Waals surface area contributed by atoms with E-state index in [4.69, 9.17) is 4.74 Å². The molecule has 0 N–H and O–H groups in total. The summed E-state index contributed by atoms with van der Waals surface area (Å²) in [6.07, 6.45) is 0. The van der Waals surface area contributed by atoms with Gasteiger partial charge in [-0.05, 0) is 38.1 Å². The van der Waals surface area contributed by atoms with Crippen molar-refractivity contribution >= 4 is 16.9 Å². The van der Waals surface area contributed by atoms with Gasteiger partial charge >= 0.3 is 0 Å². The molecule has 6 heteroatoms. The summed E-state index contributed by atoms with van der Waals surface area (Å²) in [5.41, 5.74) is 4.06. The van der Waals surface area contributed by atoms with Crippen molar-refractivity contribution < 1.29 is 13.9 Å². The highest BCUT2D eigenvalue weighted by atomic mass is 19.1. The standard InChI is InChI=1S/C21H22FN3O2/c1-14-15(2)24-20-12-16(8-9-19(20)23-14)21(26)25(10-11-27-3)13-17-6-4-5-7-18(17)22/h4-9,12H,10-11,13H2,1-3H3. The second-order valence-corrected chi connectivity index (χ2v) is 6.41. The number of carbonyl (C=O) groups excluding carboxylic acids is 1. The minimum Gasteiger partial charge on any atom is -0.383 e. The van der Waals surface area contributed by atoms with Crippen LogP contribution in [0.1, 0.15) is 27.3 Å². The van der Waals surface area contributed by atoms with Crippen LogP contribution in [0.5, 0.6) is 0 Å². The van der Waals surface area contributed by atoms with Crippen molar-refractivity contribution in [1.29, 1.82) is 0 Å². The normalized spacial score (nSPS) is 11.0. The maximum Gasteiger partial charge on any atom is 0.254 e. The van der Waals surface area contributed by atoms with E-state index in [2.05, 4.69) is 9.97 Å². The van der Waals surface area contributed by atoms with E-state index in [0.717, 1.165) is 16.9 Å². The predicted octanol–water partition coefficient (Wildman–Crippen LogP) is 3.67. The molecule has 0 aliphatic carbocycles. The molecule has 140 valence electrons. The van der Waals surface area contributed by atoms with Crippen LogP contribution in [0.15, 0.2) is 42.5 Å². The number of hydrogen-bond donors (Lipinski definition) is 0. The number of nitrogens with zero attached hydrogens (tertiary/aromatic N) is 3. The Hall–Kier alpha value is -2.86. The van der Waals surface area contributed by atoms with Gasteiger partial charge in [0.2, 0.25) is 0 Å². The average molecular weight is 367 g/mol. The minimum absolute atomic E-state index is 0.172. The topological polar surface area (TPSA) is 55.3 Å². The van der Waals surface area contributed by atoms with E-state index in [1.807, 2.05) is 13.8 Å². The number of aromatic nitrogens is 2. The summed E-state index contributed by atoms with van der Waals surface area (Å²) in [4.78, 5) is 23.7. The zero-order valence-corrected chi connectivity index (χ0v) is 15.7. The first kappa shape index (κ1) is 18.9. The molecular weight excluding hydrogens is 345 g/mol. The Balaban J connectivity index is 1.92. The van der Waals surface area contributed by atoms with Gasteiger partial charge < -0.3 is 9.64 Å². The summed E-state index contributed by atoms with van der Waals surface area (Å²) in [7, 11) is 1.57. The molecule has 0 atom stereocenters. The fourth-order valence-electron chi connectivity index (χ4n) is 2.83. The Kier molecular flexibility index (Phi) is 5.76. The molecule has 0 fully saturated rings. The first-order valence-corrected chi connectivity index (χ1v) is 8.76. The van der Waals surface area contributed by atoms with Crippen LogP contribution in [-0.4, -0.2) is 41.0 Å². The zero-order chi connectivity index (χ0) is 19.4. The van der Waals surface area contributed by atoms with E-state index in [1.54, 1.807) is 48.4 Å². The largest absolute Gasteiger partial charge is 0.383 e. The van der Waals surface area contributed by atoms with Crippen molar-refractivity contribution in [2.24, 2.45) is 0 Å². The fraction of sp³-hybridized carbons (Fsp3) is 0.286. The molecule has 0 unspecified atom stereocenters. The van der Waals surface area contributed by atoms with Crippen LogP contribution < -0.4 is 0 Å². The van der Waals surface area contributed by atoms with Crippen molar-refractivity contribution in [2.75, 3.05) is 20.3 Å². The molecular formula is C21H22FN3O2.